The van der Waals surface area contributed by atoms with Crippen LogP contribution in [0.1, 0.15) is 48.3 Å². The van der Waals surface area contributed by atoms with Gasteiger partial charge in [0.25, 0.3) is 5.91 Å². The van der Waals surface area contributed by atoms with Crippen LogP contribution in [0.25, 0.3) is 0 Å². The summed E-state index contributed by atoms with van der Waals surface area (Å²) in [6.07, 6.45) is 5.38. The van der Waals surface area contributed by atoms with E-state index >= 15 is 0 Å². The number of aromatic nitrogens is 1. The average molecular weight is 327 g/mol. The minimum absolute atomic E-state index is 0.0198. The van der Waals surface area contributed by atoms with Crippen LogP contribution < -0.4 is 0 Å². The van der Waals surface area contributed by atoms with E-state index in [2.05, 4.69) is 4.98 Å². The Balaban J connectivity index is 1.52. The molecule has 0 spiro atoms. The summed E-state index contributed by atoms with van der Waals surface area (Å²) in [5.74, 6) is 0.985. The van der Waals surface area contributed by atoms with E-state index in [1.165, 1.54) is 6.42 Å². The molecule has 3 aliphatic heterocycles. The summed E-state index contributed by atoms with van der Waals surface area (Å²) in [5.41, 5.74) is 1.39. The predicted octanol–water partition coefficient (Wildman–Crippen LogP) is 2.25. The van der Waals surface area contributed by atoms with Gasteiger partial charge in [-0.25, -0.2) is 4.98 Å². The van der Waals surface area contributed by atoms with Gasteiger partial charge >= 0.3 is 0 Å². The molecule has 1 aromatic heterocycles. The van der Waals surface area contributed by atoms with E-state index in [1.807, 2.05) is 28.9 Å². The molecule has 1 aliphatic carbocycles. The zero-order chi connectivity index (χ0) is 16.7. The quantitative estimate of drug-likeness (QED) is 0.837. The fourth-order valence-corrected chi connectivity index (χ4v) is 4.23. The van der Waals surface area contributed by atoms with Crippen molar-refractivity contribution in [3.8, 4) is 0 Å². The molecule has 5 heteroatoms. The second kappa shape index (κ2) is 6.19. The number of carbonyl (C=O) groups is 2. The fourth-order valence-electron chi connectivity index (χ4n) is 4.23. The fraction of sp³-hybridized carbons (Fsp3) is 0.632. The van der Waals surface area contributed by atoms with E-state index in [4.69, 9.17) is 0 Å². The van der Waals surface area contributed by atoms with Crippen molar-refractivity contribution >= 4 is 11.8 Å². The number of fused-ring (bicyclic) bond motifs is 4. The van der Waals surface area contributed by atoms with Gasteiger partial charge in [-0.15, -0.1) is 0 Å². The first-order valence-corrected chi connectivity index (χ1v) is 9.15. The van der Waals surface area contributed by atoms with Crippen molar-refractivity contribution in [1.82, 2.24) is 14.8 Å². The highest BCUT2D eigenvalue weighted by molar-refractivity contribution is 5.92. The third-order valence-corrected chi connectivity index (χ3v) is 5.85. The Labute approximate surface area is 143 Å². The summed E-state index contributed by atoms with van der Waals surface area (Å²) in [7, 11) is 0. The molecule has 5 rings (SSSR count). The molecule has 128 valence electrons. The Morgan fingerprint density at radius 3 is 2.62 bits per heavy atom. The molecule has 1 saturated carbocycles. The van der Waals surface area contributed by atoms with Crippen LogP contribution in [0.3, 0.4) is 0 Å². The van der Waals surface area contributed by atoms with Gasteiger partial charge in [0.1, 0.15) is 5.69 Å². The first-order chi connectivity index (χ1) is 11.6. The van der Waals surface area contributed by atoms with Crippen molar-refractivity contribution in [2.24, 2.45) is 11.8 Å². The smallest absolute Gasteiger partial charge is 0.272 e. The van der Waals surface area contributed by atoms with Crippen LogP contribution in [0, 0.1) is 18.8 Å². The maximum absolute atomic E-state index is 12.9. The summed E-state index contributed by atoms with van der Waals surface area (Å²) in [5, 5.41) is 0. The first kappa shape index (κ1) is 15.6. The molecule has 4 fully saturated rings. The lowest BCUT2D eigenvalue weighted by molar-refractivity contribution is -0.138. The number of amides is 2. The number of rotatable bonds is 2. The predicted molar refractivity (Wildman–Crippen MR) is 90.4 cm³/mol. The van der Waals surface area contributed by atoms with Gasteiger partial charge in [0, 0.05) is 37.3 Å². The van der Waals surface area contributed by atoms with Gasteiger partial charge < -0.3 is 9.80 Å². The number of hydrogen-bond donors (Lipinski definition) is 0. The Morgan fingerprint density at radius 1 is 1.08 bits per heavy atom. The summed E-state index contributed by atoms with van der Waals surface area (Å²) < 4.78 is 0. The van der Waals surface area contributed by atoms with Crippen molar-refractivity contribution in [3.63, 3.8) is 0 Å². The maximum atomic E-state index is 12.9. The second-order valence-corrected chi connectivity index (χ2v) is 7.59. The summed E-state index contributed by atoms with van der Waals surface area (Å²) >= 11 is 0. The molecule has 2 bridgehead atoms. The van der Waals surface area contributed by atoms with Crippen LogP contribution in [-0.2, 0) is 4.79 Å². The van der Waals surface area contributed by atoms with Gasteiger partial charge in [0.15, 0.2) is 0 Å². The van der Waals surface area contributed by atoms with Crippen LogP contribution in [0.5, 0.6) is 0 Å². The summed E-state index contributed by atoms with van der Waals surface area (Å²) in [4.78, 5) is 34.0. The topological polar surface area (TPSA) is 53.5 Å². The van der Waals surface area contributed by atoms with Gasteiger partial charge in [-0.2, -0.15) is 0 Å². The van der Waals surface area contributed by atoms with Gasteiger partial charge in [0.2, 0.25) is 5.91 Å². The summed E-state index contributed by atoms with van der Waals surface area (Å²) in [6, 6.07) is 5.73. The Morgan fingerprint density at radius 2 is 1.92 bits per heavy atom. The molecule has 0 radical (unpaired) electrons. The molecule has 5 nitrogen and oxygen atoms in total. The third-order valence-electron chi connectivity index (χ3n) is 5.85. The number of carbonyl (C=O) groups excluding carboxylic acids is 2. The van der Waals surface area contributed by atoms with Gasteiger partial charge in [-0.3, -0.25) is 9.59 Å². The largest absolute Gasteiger partial charge is 0.340 e. The van der Waals surface area contributed by atoms with E-state index in [9.17, 15) is 9.59 Å². The van der Waals surface area contributed by atoms with E-state index in [1.54, 1.807) is 6.07 Å². The van der Waals surface area contributed by atoms with Crippen molar-refractivity contribution in [2.75, 3.05) is 19.6 Å². The van der Waals surface area contributed by atoms with Crippen LogP contribution in [0.2, 0.25) is 0 Å². The van der Waals surface area contributed by atoms with Crippen molar-refractivity contribution in [3.05, 3.63) is 29.6 Å². The number of nitrogens with zero attached hydrogens (tertiary/aromatic N) is 3. The highest BCUT2D eigenvalue weighted by atomic mass is 16.2. The van der Waals surface area contributed by atoms with E-state index in [0.29, 0.717) is 24.1 Å². The minimum Gasteiger partial charge on any atom is -0.340 e. The molecule has 1 aromatic rings. The maximum Gasteiger partial charge on any atom is 0.272 e. The number of hydrogen-bond acceptors (Lipinski definition) is 3. The Hall–Kier alpha value is -1.91. The van der Waals surface area contributed by atoms with Crippen LogP contribution in [0.4, 0.5) is 0 Å². The lowest BCUT2D eigenvalue weighted by Crippen LogP contribution is -2.48. The highest BCUT2D eigenvalue weighted by Crippen LogP contribution is 2.33. The lowest BCUT2D eigenvalue weighted by Gasteiger charge is -2.36. The van der Waals surface area contributed by atoms with Crippen molar-refractivity contribution in [2.45, 2.75) is 45.1 Å². The van der Waals surface area contributed by atoms with Crippen molar-refractivity contribution < 1.29 is 9.59 Å². The molecule has 0 aromatic carbocycles. The second-order valence-electron chi connectivity index (χ2n) is 7.59. The average Bonchev–Trinajstić information content (AvgIpc) is 2.84. The highest BCUT2D eigenvalue weighted by Gasteiger charge is 2.41. The molecule has 4 aliphatic rings. The normalized spacial score (nSPS) is 26.9. The molecule has 2 atom stereocenters. The molecule has 24 heavy (non-hydrogen) atoms. The number of aryl methyl sites for hydroxylation is 1. The molecule has 4 heterocycles. The first-order valence-electron chi connectivity index (χ1n) is 9.15. The Bertz CT molecular complexity index is 656. The molecule has 0 N–H and O–H groups in total. The van der Waals surface area contributed by atoms with Gasteiger partial charge in [-0.05, 0) is 50.7 Å². The van der Waals surface area contributed by atoms with Crippen molar-refractivity contribution in [1.29, 1.82) is 0 Å². The standard InChI is InChI=1S/C19H25N3O2/c1-13-4-2-7-17(20-13)19(24)22-11-14-8-9-16(22)12-21(10-14)18(23)15-5-3-6-15/h2,4,7,14-16H,3,5-6,8-12H2,1H3. The van der Waals surface area contributed by atoms with Gasteiger partial charge in [-0.1, -0.05) is 12.5 Å². The molecular weight excluding hydrogens is 302 g/mol. The Kier molecular flexibility index (Phi) is 4.02. The number of piperidine rings is 1. The van der Waals surface area contributed by atoms with Crippen LogP contribution in [-0.4, -0.2) is 52.3 Å². The third kappa shape index (κ3) is 2.80. The molecule has 3 saturated heterocycles. The summed E-state index contributed by atoms with van der Waals surface area (Å²) in [6.45, 7) is 4.18. The number of pyridine rings is 1. The van der Waals surface area contributed by atoms with E-state index in [0.717, 1.165) is 44.5 Å². The minimum atomic E-state index is 0.0198. The monoisotopic (exact) mass is 327 g/mol. The van der Waals surface area contributed by atoms with Gasteiger partial charge in [0.05, 0.1) is 0 Å². The zero-order valence-corrected chi connectivity index (χ0v) is 14.3. The SMILES string of the molecule is Cc1cccc(C(=O)N2CC3CCC2CN(C(=O)C2CCC2)C3)n1. The van der Waals surface area contributed by atoms with Crippen LogP contribution >= 0.6 is 0 Å². The zero-order valence-electron chi connectivity index (χ0n) is 14.3. The van der Waals surface area contributed by atoms with Crippen LogP contribution in [0.15, 0.2) is 18.2 Å². The molecular formula is C19H25N3O2. The van der Waals surface area contributed by atoms with E-state index in [-0.39, 0.29) is 17.9 Å². The lowest BCUT2D eigenvalue weighted by atomic mass is 9.84. The molecule has 2 amide bonds. The molecule has 2 unspecified atom stereocenters. The van der Waals surface area contributed by atoms with E-state index < -0.39 is 0 Å².